The minimum absolute atomic E-state index is 0.0432. The Morgan fingerprint density at radius 2 is 2.32 bits per heavy atom. The molecular weight excluding hydrogens is 244 g/mol. The van der Waals surface area contributed by atoms with Crippen LogP contribution in [0.15, 0.2) is 23.0 Å². The number of nitrogens with zero attached hydrogens (tertiary/aromatic N) is 1. The third-order valence-electron chi connectivity index (χ3n) is 3.38. The van der Waals surface area contributed by atoms with Gasteiger partial charge in [0.05, 0.1) is 11.8 Å². The summed E-state index contributed by atoms with van der Waals surface area (Å²) in [5.41, 5.74) is 0.509. The predicted molar refractivity (Wildman–Crippen MR) is 70.7 cm³/mol. The Bertz CT molecular complexity index is 428. The molecule has 0 radical (unpaired) electrons. The molecule has 1 aromatic heterocycles. The number of amides is 2. The highest BCUT2D eigenvalue weighted by molar-refractivity contribution is 5.97. The van der Waals surface area contributed by atoms with E-state index >= 15 is 0 Å². The SMILES string of the molecule is CCCNC(=O)C1CCCCN1C(=O)c1ccoc1. The van der Waals surface area contributed by atoms with E-state index in [1.807, 2.05) is 6.92 Å². The largest absolute Gasteiger partial charge is 0.472 e. The molecule has 1 fully saturated rings. The molecule has 2 amide bonds. The molecular formula is C14H20N2O3. The minimum atomic E-state index is -0.345. The zero-order valence-electron chi connectivity index (χ0n) is 11.2. The van der Waals surface area contributed by atoms with Crippen LogP contribution in [-0.2, 0) is 4.79 Å². The van der Waals surface area contributed by atoms with Gasteiger partial charge in [0.15, 0.2) is 0 Å². The molecule has 1 aliphatic heterocycles. The molecule has 0 aromatic carbocycles. The van der Waals surface area contributed by atoms with Crippen LogP contribution in [0.5, 0.6) is 0 Å². The van der Waals surface area contributed by atoms with E-state index in [1.54, 1.807) is 11.0 Å². The van der Waals surface area contributed by atoms with Crippen LogP contribution in [0.2, 0.25) is 0 Å². The monoisotopic (exact) mass is 264 g/mol. The van der Waals surface area contributed by atoms with Crippen LogP contribution >= 0.6 is 0 Å². The number of hydrogen-bond acceptors (Lipinski definition) is 3. The maximum atomic E-state index is 12.3. The maximum Gasteiger partial charge on any atom is 0.257 e. The van der Waals surface area contributed by atoms with Crippen molar-refractivity contribution in [2.75, 3.05) is 13.1 Å². The molecule has 5 nitrogen and oxygen atoms in total. The summed E-state index contributed by atoms with van der Waals surface area (Å²) in [6.07, 6.45) is 6.47. The van der Waals surface area contributed by atoms with Gasteiger partial charge in [-0.1, -0.05) is 6.92 Å². The minimum Gasteiger partial charge on any atom is -0.472 e. The number of rotatable bonds is 4. The maximum absolute atomic E-state index is 12.3. The van der Waals surface area contributed by atoms with E-state index in [4.69, 9.17) is 4.42 Å². The Balaban J connectivity index is 2.07. The highest BCUT2D eigenvalue weighted by Gasteiger charge is 2.32. The van der Waals surface area contributed by atoms with Crippen LogP contribution in [-0.4, -0.2) is 35.8 Å². The second-order valence-corrected chi connectivity index (χ2v) is 4.81. The van der Waals surface area contributed by atoms with E-state index in [-0.39, 0.29) is 17.9 Å². The van der Waals surface area contributed by atoms with Crippen molar-refractivity contribution in [3.63, 3.8) is 0 Å². The molecule has 19 heavy (non-hydrogen) atoms. The van der Waals surface area contributed by atoms with Gasteiger partial charge in [0.1, 0.15) is 12.3 Å². The smallest absolute Gasteiger partial charge is 0.257 e. The Kier molecular flexibility index (Phi) is 4.60. The van der Waals surface area contributed by atoms with Crippen molar-refractivity contribution in [1.82, 2.24) is 10.2 Å². The van der Waals surface area contributed by atoms with Gasteiger partial charge in [0.25, 0.3) is 5.91 Å². The summed E-state index contributed by atoms with van der Waals surface area (Å²) < 4.78 is 4.94. The highest BCUT2D eigenvalue weighted by atomic mass is 16.3. The third-order valence-corrected chi connectivity index (χ3v) is 3.38. The summed E-state index contributed by atoms with van der Waals surface area (Å²) in [5.74, 6) is -0.163. The van der Waals surface area contributed by atoms with Crippen molar-refractivity contribution in [1.29, 1.82) is 0 Å². The number of hydrogen-bond donors (Lipinski definition) is 1. The summed E-state index contributed by atoms with van der Waals surface area (Å²) >= 11 is 0. The number of carbonyl (C=O) groups is 2. The quantitative estimate of drug-likeness (QED) is 0.902. The van der Waals surface area contributed by atoms with Gasteiger partial charge in [0, 0.05) is 13.1 Å². The Hall–Kier alpha value is -1.78. The van der Waals surface area contributed by atoms with E-state index in [1.165, 1.54) is 12.5 Å². The summed E-state index contributed by atoms with van der Waals surface area (Å²) in [4.78, 5) is 26.1. The van der Waals surface area contributed by atoms with E-state index < -0.39 is 0 Å². The lowest BCUT2D eigenvalue weighted by Gasteiger charge is -2.34. The predicted octanol–water partition coefficient (Wildman–Crippen LogP) is 1.80. The van der Waals surface area contributed by atoms with E-state index in [0.29, 0.717) is 18.7 Å². The molecule has 5 heteroatoms. The van der Waals surface area contributed by atoms with Crippen molar-refractivity contribution in [2.24, 2.45) is 0 Å². The van der Waals surface area contributed by atoms with Crippen molar-refractivity contribution in [3.05, 3.63) is 24.2 Å². The van der Waals surface area contributed by atoms with Crippen LogP contribution in [0.3, 0.4) is 0 Å². The molecule has 0 aliphatic carbocycles. The number of carbonyl (C=O) groups excluding carboxylic acids is 2. The highest BCUT2D eigenvalue weighted by Crippen LogP contribution is 2.20. The average molecular weight is 264 g/mol. The van der Waals surface area contributed by atoms with E-state index in [9.17, 15) is 9.59 Å². The lowest BCUT2D eigenvalue weighted by Crippen LogP contribution is -2.52. The third kappa shape index (κ3) is 3.16. The molecule has 1 aromatic rings. The number of nitrogens with one attached hydrogen (secondary N) is 1. The molecule has 1 aliphatic rings. The fraction of sp³-hybridized carbons (Fsp3) is 0.571. The van der Waals surface area contributed by atoms with Gasteiger partial charge in [0.2, 0.25) is 5.91 Å². The lowest BCUT2D eigenvalue weighted by atomic mass is 10.0. The average Bonchev–Trinajstić information content (AvgIpc) is 2.98. The number of piperidine rings is 1. The first-order valence-corrected chi connectivity index (χ1v) is 6.85. The molecule has 1 atom stereocenters. The van der Waals surface area contributed by atoms with Crippen LogP contribution in [0.4, 0.5) is 0 Å². The fourth-order valence-electron chi connectivity index (χ4n) is 2.37. The zero-order chi connectivity index (χ0) is 13.7. The molecule has 2 heterocycles. The molecule has 1 unspecified atom stereocenters. The number of likely N-dealkylation sites (tertiary alicyclic amines) is 1. The summed E-state index contributed by atoms with van der Waals surface area (Å²) in [5, 5.41) is 2.88. The van der Waals surface area contributed by atoms with Gasteiger partial charge in [-0.3, -0.25) is 9.59 Å². The Morgan fingerprint density at radius 3 is 3.00 bits per heavy atom. The Labute approximate surface area is 113 Å². The van der Waals surface area contributed by atoms with Crippen LogP contribution in [0.1, 0.15) is 43.0 Å². The summed E-state index contributed by atoms with van der Waals surface area (Å²) in [7, 11) is 0. The summed E-state index contributed by atoms with van der Waals surface area (Å²) in [6, 6.07) is 1.29. The van der Waals surface area contributed by atoms with Crippen LogP contribution < -0.4 is 5.32 Å². The summed E-state index contributed by atoms with van der Waals surface area (Å²) in [6.45, 7) is 3.30. The van der Waals surface area contributed by atoms with E-state index in [0.717, 1.165) is 25.7 Å². The second kappa shape index (κ2) is 6.41. The van der Waals surface area contributed by atoms with Gasteiger partial charge in [-0.15, -0.1) is 0 Å². The van der Waals surface area contributed by atoms with Gasteiger partial charge in [-0.05, 0) is 31.7 Å². The first-order valence-electron chi connectivity index (χ1n) is 6.85. The molecule has 0 saturated carbocycles. The van der Waals surface area contributed by atoms with E-state index in [2.05, 4.69) is 5.32 Å². The van der Waals surface area contributed by atoms with Gasteiger partial charge >= 0.3 is 0 Å². The molecule has 2 rings (SSSR count). The van der Waals surface area contributed by atoms with Crippen molar-refractivity contribution in [2.45, 2.75) is 38.6 Å². The standard InChI is InChI=1S/C14H20N2O3/c1-2-7-15-13(17)12-5-3-4-8-16(12)14(18)11-6-9-19-10-11/h6,9-10,12H,2-5,7-8H2,1H3,(H,15,17). The lowest BCUT2D eigenvalue weighted by molar-refractivity contribution is -0.126. The number of furan rings is 1. The first kappa shape index (κ1) is 13.6. The topological polar surface area (TPSA) is 62.6 Å². The Morgan fingerprint density at radius 1 is 1.47 bits per heavy atom. The van der Waals surface area contributed by atoms with Gasteiger partial charge in [-0.2, -0.15) is 0 Å². The molecule has 1 N–H and O–H groups in total. The van der Waals surface area contributed by atoms with Gasteiger partial charge < -0.3 is 14.6 Å². The normalized spacial score (nSPS) is 19.2. The van der Waals surface area contributed by atoms with Crippen LogP contribution in [0.25, 0.3) is 0 Å². The molecule has 0 spiro atoms. The molecule has 0 bridgehead atoms. The van der Waals surface area contributed by atoms with Crippen molar-refractivity contribution < 1.29 is 14.0 Å². The first-order chi connectivity index (χ1) is 9.24. The molecule has 1 saturated heterocycles. The van der Waals surface area contributed by atoms with Crippen LogP contribution in [0, 0.1) is 0 Å². The second-order valence-electron chi connectivity index (χ2n) is 4.81. The van der Waals surface area contributed by atoms with Crippen molar-refractivity contribution in [3.8, 4) is 0 Å². The molecule has 104 valence electrons. The fourth-order valence-corrected chi connectivity index (χ4v) is 2.37. The zero-order valence-corrected chi connectivity index (χ0v) is 11.2. The van der Waals surface area contributed by atoms with Gasteiger partial charge in [-0.25, -0.2) is 0 Å². The van der Waals surface area contributed by atoms with Crippen molar-refractivity contribution >= 4 is 11.8 Å².